The number of halogens is 1. The third-order valence-electron chi connectivity index (χ3n) is 3.08. The molecule has 104 valence electrons. The Hall–Kier alpha value is -1.36. The van der Waals surface area contributed by atoms with Gasteiger partial charge in [-0.15, -0.1) is 0 Å². The van der Waals surface area contributed by atoms with E-state index in [1.54, 1.807) is 6.92 Å². The third-order valence-corrected chi connectivity index (χ3v) is 3.57. The maximum Gasteiger partial charge on any atom is 0.323 e. The molecule has 0 aromatic heterocycles. The molecule has 0 aliphatic rings. The minimum Gasteiger partial charge on any atom is -0.480 e. The summed E-state index contributed by atoms with van der Waals surface area (Å²) >= 11 is 3.38. The van der Waals surface area contributed by atoms with Gasteiger partial charge in [-0.2, -0.15) is 0 Å². The van der Waals surface area contributed by atoms with Crippen LogP contribution in [0.1, 0.15) is 26.3 Å². The predicted octanol–water partition coefficient (Wildman–Crippen LogP) is 2.66. The largest absolute Gasteiger partial charge is 0.480 e. The van der Waals surface area contributed by atoms with E-state index in [9.17, 15) is 9.59 Å². The molecule has 1 aromatic carbocycles. The zero-order chi connectivity index (χ0) is 14.6. The van der Waals surface area contributed by atoms with Gasteiger partial charge in [-0.3, -0.25) is 9.59 Å². The van der Waals surface area contributed by atoms with Crippen molar-refractivity contribution in [2.24, 2.45) is 0 Å². The van der Waals surface area contributed by atoms with Gasteiger partial charge in [0.2, 0.25) is 5.91 Å². The summed E-state index contributed by atoms with van der Waals surface area (Å²) in [5.41, 5.74) is 0.102. The molecule has 0 aliphatic heterocycles. The molecule has 0 saturated heterocycles. The van der Waals surface area contributed by atoms with Gasteiger partial charge in [-0.05, 0) is 38.5 Å². The van der Waals surface area contributed by atoms with Crippen LogP contribution in [0.3, 0.4) is 0 Å². The zero-order valence-corrected chi connectivity index (χ0v) is 12.9. The number of carbonyl (C=O) groups excluding carboxylic acids is 1. The number of amides is 1. The second-order valence-corrected chi connectivity index (χ2v) is 5.76. The summed E-state index contributed by atoms with van der Waals surface area (Å²) < 4.78 is 0.896. The van der Waals surface area contributed by atoms with Crippen LogP contribution in [0.25, 0.3) is 0 Å². The summed E-state index contributed by atoms with van der Waals surface area (Å²) in [6, 6.07) is 7.50. The maximum atomic E-state index is 12.5. The molecule has 1 rings (SSSR count). The molecule has 4 nitrogen and oxygen atoms in total. The lowest BCUT2D eigenvalue weighted by atomic mass is 9.83. The van der Waals surface area contributed by atoms with E-state index < -0.39 is 11.4 Å². The number of carbonyl (C=O) groups is 2. The Bertz CT molecular complexity index is 485. The van der Waals surface area contributed by atoms with Crippen LogP contribution in [0.4, 0.5) is 0 Å². The van der Waals surface area contributed by atoms with Gasteiger partial charge in [0.05, 0.1) is 5.41 Å². The van der Waals surface area contributed by atoms with Crippen LogP contribution in [0.5, 0.6) is 0 Å². The fourth-order valence-electron chi connectivity index (χ4n) is 1.89. The van der Waals surface area contributed by atoms with Gasteiger partial charge in [-0.1, -0.05) is 28.1 Å². The molecule has 0 atom stereocenters. The average molecular weight is 328 g/mol. The van der Waals surface area contributed by atoms with Gasteiger partial charge >= 0.3 is 5.97 Å². The van der Waals surface area contributed by atoms with Crippen molar-refractivity contribution in [3.05, 3.63) is 34.3 Å². The molecule has 0 fully saturated rings. The lowest BCUT2D eigenvalue weighted by molar-refractivity contribution is -0.146. The van der Waals surface area contributed by atoms with Crippen molar-refractivity contribution in [2.75, 3.05) is 13.1 Å². The smallest absolute Gasteiger partial charge is 0.323 e. The first-order valence-electron chi connectivity index (χ1n) is 6.06. The van der Waals surface area contributed by atoms with Crippen LogP contribution in [0, 0.1) is 0 Å². The molecule has 5 heteroatoms. The standard InChI is InChI=1S/C14H18BrNO3/c1-4-16(9-12(17)18)13(19)14(2,3)10-6-5-7-11(15)8-10/h5-8H,4,9H2,1-3H3,(H,17,18). The second-order valence-electron chi connectivity index (χ2n) is 4.85. The highest BCUT2D eigenvalue weighted by Gasteiger charge is 2.34. The van der Waals surface area contributed by atoms with Crippen molar-refractivity contribution in [3.8, 4) is 0 Å². The summed E-state index contributed by atoms with van der Waals surface area (Å²) in [6.45, 7) is 5.50. The number of carboxylic acid groups (broad SMARTS) is 1. The lowest BCUT2D eigenvalue weighted by Gasteiger charge is -2.30. The number of benzene rings is 1. The maximum absolute atomic E-state index is 12.5. The van der Waals surface area contributed by atoms with Crippen LogP contribution in [-0.4, -0.2) is 35.0 Å². The first-order chi connectivity index (χ1) is 8.78. The lowest BCUT2D eigenvalue weighted by Crippen LogP contribution is -2.45. The number of hydrogen-bond acceptors (Lipinski definition) is 2. The molecule has 0 unspecified atom stereocenters. The Kier molecular flexibility index (Phi) is 5.11. The minimum atomic E-state index is -1.000. The first-order valence-corrected chi connectivity index (χ1v) is 6.85. The molecule has 0 spiro atoms. The van der Waals surface area contributed by atoms with E-state index >= 15 is 0 Å². The van der Waals surface area contributed by atoms with E-state index in [4.69, 9.17) is 5.11 Å². The number of likely N-dealkylation sites (N-methyl/N-ethyl adjacent to an activating group) is 1. The Labute approximate surface area is 121 Å². The first kappa shape index (κ1) is 15.7. The Balaban J connectivity index is 3.04. The van der Waals surface area contributed by atoms with Crippen molar-refractivity contribution in [2.45, 2.75) is 26.2 Å². The highest BCUT2D eigenvalue weighted by Crippen LogP contribution is 2.27. The average Bonchev–Trinajstić information content (AvgIpc) is 2.34. The molecule has 1 amide bonds. The van der Waals surface area contributed by atoms with Gasteiger partial charge in [0.1, 0.15) is 6.54 Å². The topological polar surface area (TPSA) is 57.6 Å². The summed E-state index contributed by atoms with van der Waals surface area (Å²) in [7, 11) is 0. The van der Waals surface area contributed by atoms with Gasteiger partial charge in [0, 0.05) is 11.0 Å². The van der Waals surface area contributed by atoms with Crippen LogP contribution in [0.2, 0.25) is 0 Å². The molecule has 0 heterocycles. The summed E-state index contributed by atoms with van der Waals surface area (Å²) in [6.07, 6.45) is 0. The molecular weight excluding hydrogens is 310 g/mol. The molecule has 1 aromatic rings. The van der Waals surface area contributed by atoms with E-state index in [1.165, 1.54) is 4.90 Å². The normalized spacial score (nSPS) is 11.2. The Morgan fingerprint density at radius 3 is 2.47 bits per heavy atom. The van der Waals surface area contributed by atoms with E-state index in [0.29, 0.717) is 6.54 Å². The Morgan fingerprint density at radius 1 is 1.37 bits per heavy atom. The fourth-order valence-corrected chi connectivity index (χ4v) is 2.29. The molecule has 1 N–H and O–H groups in total. The molecule has 0 radical (unpaired) electrons. The van der Waals surface area contributed by atoms with Gasteiger partial charge in [0.25, 0.3) is 0 Å². The van der Waals surface area contributed by atoms with Crippen LogP contribution < -0.4 is 0 Å². The highest BCUT2D eigenvalue weighted by molar-refractivity contribution is 9.10. The van der Waals surface area contributed by atoms with Crippen molar-refractivity contribution < 1.29 is 14.7 Å². The molecular formula is C14H18BrNO3. The Morgan fingerprint density at radius 2 is 2.00 bits per heavy atom. The monoisotopic (exact) mass is 327 g/mol. The van der Waals surface area contributed by atoms with E-state index in [1.807, 2.05) is 38.1 Å². The summed E-state index contributed by atoms with van der Waals surface area (Å²) in [5, 5.41) is 8.84. The summed E-state index contributed by atoms with van der Waals surface area (Å²) in [4.78, 5) is 24.6. The van der Waals surface area contributed by atoms with Gasteiger partial charge < -0.3 is 10.0 Å². The number of hydrogen-bond donors (Lipinski definition) is 1. The van der Waals surface area contributed by atoms with E-state index in [-0.39, 0.29) is 12.5 Å². The predicted molar refractivity (Wildman–Crippen MR) is 77.1 cm³/mol. The number of nitrogens with zero attached hydrogens (tertiary/aromatic N) is 1. The molecule has 19 heavy (non-hydrogen) atoms. The van der Waals surface area contributed by atoms with Gasteiger partial charge in [0.15, 0.2) is 0 Å². The second kappa shape index (κ2) is 6.19. The fraction of sp³-hybridized carbons (Fsp3) is 0.429. The van der Waals surface area contributed by atoms with Crippen LogP contribution >= 0.6 is 15.9 Å². The highest BCUT2D eigenvalue weighted by atomic mass is 79.9. The number of rotatable bonds is 5. The van der Waals surface area contributed by atoms with Crippen molar-refractivity contribution in [3.63, 3.8) is 0 Å². The van der Waals surface area contributed by atoms with E-state index in [0.717, 1.165) is 10.0 Å². The third kappa shape index (κ3) is 3.80. The SMILES string of the molecule is CCN(CC(=O)O)C(=O)C(C)(C)c1cccc(Br)c1. The molecule has 0 saturated carbocycles. The van der Waals surface area contributed by atoms with Gasteiger partial charge in [-0.25, -0.2) is 0 Å². The number of carboxylic acids is 1. The zero-order valence-electron chi connectivity index (χ0n) is 11.3. The van der Waals surface area contributed by atoms with Crippen molar-refractivity contribution in [1.82, 2.24) is 4.90 Å². The number of aliphatic carboxylic acids is 1. The van der Waals surface area contributed by atoms with Crippen molar-refractivity contribution >= 4 is 27.8 Å². The van der Waals surface area contributed by atoms with E-state index in [2.05, 4.69) is 15.9 Å². The van der Waals surface area contributed by atoms with Crippen LogP contribution in [0.15, 0.2) is 28.7 Å². The van der Waals surface area contributed by atoms with Crippen LogP contribution in [-0.2, 0) is 15.0 Å². The minimum absolute atomic E-state index is 0.185. The quantitative estimate of drug-likeness (QED) is 0.904. The molecule has 0 aliphatic carbocycles. The van der Waals surface area contributed by atoms with Crippen molar-refractivity contribution in [1.29, 1.82) is 0 Å². The summed E-state index contributed by atoms with van der Waals surface area (Å²) in [5.74, 6) is -1.18. The molecule has 0 bridgehead atoms.